The topological polar surface area (TPSA) is 75.4 Å². The van der Waals surface area contributed by atoms with Crippen LogP contribution in [0, 0.1) is 11.6 Å². The van der Waals surface area contributed by atoms with Crippen molar-refractivity contribution in [3.63, 3.8) is 0 Å². The number of aromatic nitrogens is 1. The van der Waals surface area contributed by atoms with Gasteiger partial charge in [-0.05, 0) is 24.3 Å². The molecule has 0 saturated heterocycles. The average Bonchev–Trinajstić information content (AvgIpc) is 3.01. The van der Waals surface area contributed by atoms with Crippen molar-refractivity contribution in [1.82, 2.24) is 10.3 Å². The fourth-order valence-electron chi connectivity index (χ4n) is 2.30. The van der Waals surface area contributed by atoms with Gasteiger partial charge in [-0.2, -0.15) is 0 Å². The summed E-state index contributed by atoms with van der Waals surface area (Å²) < 4.78 is 32.5. The molecule has 0 aliphatic heterocycles. The lowest BCUT2D eigenvalue weighted by Gasteiger charge is -2.13. The molecular weight excluding hydrogens is 330 g/mol. The third-order valence-corrected chi connectivity index (χ3v) is 3.49. The minimum absolute atomic E-state index is 0.247. The van der Waals surface area contributed by atoms with E-state index < -0.39 is 29.2 Å². The van der Waals surface area contributed by atoms with Gasteiger partial charge < -0.3 is 14.8 Å². The number of halogens is 2. The van der Waals surface area contributed by atoms with Crippen LogP contribution in [0.5, 0.6) is 0 Å². The zero-order chi connectivity index (χ0) is 17.8. The summed E-state index contributed by atoms with van der Waals surface area (Å²) in [4.78, 5) is 15.9. The number of hydrogen-bond acceptors (Lipinski definition) is 4. The second-order valence-electron chi connectivity index (χ2n) is 5.25. The number of aliphatic hydroxyl groups is 1. The quantitative estimate of drug-likeness (QED) is 0.698. The number of oxazole rings is 1. The molecule has 2 N–H and O–H groups in total. The molecule has 1 aromatic heterocycles. The van der Waals surface area contributed by atoms with E-state index in [1.807, 2.05) is 6.07 Å². The van der Waals surface area contributed by atoms with E-state index in [-0.39, 0.29) is 12.4 Å². The van der Waals surface area contributed by atoms with Gasteiger partial charge in [-0.25, -0.2) is 13.8 Å². The molecule has 0 spiro atoms. The molecule has 25 heavy (non-hydrogen) atoms. The Hall–Kier alpha value is -3.06. The highest BCUT2D eigenvalue weighted by Gasteiger charge is 2.17. The van der Waals surface area contributed by atoms with Gasteiger partial charge in [0.25, 0.3) is 0 Å². The number of nitrogens with zero attached hydrogens (tertiary/aromatic N) is 1. The molecule has 0 bridgehead atoms. The molecule has 1 heterocycles. The standard InChI is InChI=1S/C18H14F2N2O3/c19-11-4-3-5-12(20)18(11)14(23)10-21-16(24)8-9-17-22-13-6-1-2-7-15(13)25-17/h1-9,14,23H,10H2,(H,21,24)/b9-8+. The number of aliphatic hydroxyl groups excluding tert-OH is 1. The van der Waals surface area contributed by atoms with Gasteiger partial charge >= 0.3 is 0 Å². The summed E-state index contributed by atoms with van der Waals surface area (Å²) in [5.74, 6) is -2.05. The lowest BCUT2D eigenvalue weighted by atomic mass is 10.1. The maximum absolute atomic E-state index is 13.5. The second-order valence-corrected chi connectivity index (χ2v) is 5.25. The van der Waals surface area contributed by atoms with Gasteiger partial charge in [0.1, 0.15) is 23.3 Å². The van der Waals surface area contributed by atoms with E-state index in [4.69, 9.17) is 4.42 Å². The van der Waals surface area contributed by atoms with Crippen LogP contribution in [0.25, 0.3) is 17.2 Å². The number of amides is 1. The van der Waals surface area contributed by atoms with E-state index in [2.05, 4.69) is 10.3 Å². The number of rotatable bonds is 5. The fraction of sp³-hybridized carbons (Fsp3) is 0.111. The van der Waals surface area contributed by atoms with Gasteiger partial charge in [0.15, 0.2) is 5.58 Å². The summed E-state index contributed by atoms with van der Waals surface area (Å²) in [5.41, 5.74) is 0.770. The smallest absolute Gasteiger partial charge is 0.244 e. The van der Waals surface area contributed by atoms with Gasteiger partial charge in [-0.1, -0.05) is 18.2 Å². The Balaban J connectivity index is 1.60. The predicted octanol–water partition coefficient (Wildman–Crippen LogP) is 2.97. The molecule has 3 aromatic rings. The molecule has 0 aliphatic rings. The normalized spacial score (nSPS) is 12.6. The molecule has 7 heteroatoms. The van der Waals surface area contributed by atoms with E-state index in [9.17, 15) is 18.7 Å². The van der Waals surface area contributed by atoms with Gasteiger partial charge in [-0.15, -0.1) is 0 Å². The van der Waals surface area contributed by atoms with E-state index >= 15 is 0 Å². The van der Waals surface area contributed by atoms with E-state index in [0.29, 0.717) is 11.1 Å². The molecule has 0 saturated carbocycles. The minimum atomic E-state index is -1.50. The maximum Gasteiger partial charge on any atom is 0.244 e. The second kappa shape index (κ2) is 7.23. The summed E-state index contributed by atoms with van der Waals surface area (Å²) in [5, 5.41) is 12.2. The predicted molar refractivity (Wildman–Crippen MR) is 87.4 cm³/mol. The largest absolute Gasteiger partial charge is 0.437 e. The number of para-hydroxylation sites is 2. The highest BCUT2D eigenvalue weighted by molar-refractivity contribution is 5.91. The van der Waals surface area contributed by atoms with E-state index in [1.165, 1.54) is 12.1 Å². The fourth-order valence-corrected chi connectivity index (χ4v) is 2.30. The minimum Gasteiger partial charge on any atom is -0.437 e. The maximum atomic E-state index is 13.5. The number of benzene rings is 2. The monoisotopic (exact) mass is 344 g/mol. The van der Waals surface area contributed by atoms with Crippen LogP contribution >= 0.6 is 0 Å². The SMILES string of the molecule is O=C(/C=C/c1nc2ccccc2o1)NCC(O)c1c(F)cccc1F. The Labute approximate surface area is 141 Å². The Morgan fingerprint density at radius 2 is 1.92 bits per heavy atom. The number of carbonyl (C=O) groups excluding carboxylic acids is 1. The van der Waals surface area contributed by atoms with Crippen LogP contribution in [-0.4, -0.2) is 22.5 Å². The number of hydrogen-bond donors (Lipinski definition) is 2. The Bertz CT molecular complexity index is 884. The van der Waals surface area contributed by atoms with Crippen molar-refractivity contribution in [2.45, 2.75) is 6.10 Å². The summed E-state index contributed by atoms with van der Waals surface area (Å²) in [6.07, 6.45) is 1.03. The van der Waals surface area contributed by atoms with Crippen LogP contribution in [0.15, 0.2) is 53.0 Å². The molecule has 1 unspecified atom stereocenters. The van der Waals surface area contributed by atoms with Crippen molar-refractivity contribution < 1.29 is 23.1 Å². The van der Waals surface area contributed by atoms with Crippen LogP contribution in [0.4, 0.5) is 8.78 Å². The zero-order valence-corrected chi connectivity index (χ0v) is 12.9. The van der Waals surface area contributed by atoms with E-state index in [1.54, 1.807) is 18.2 Å². The van der Waals surface area contributed by atoms with Crippen molar-refractivity contribution in [2.24, 2.45) is 0 Å². The molecule has 0 fully saturated rings. The van der Waals surface area contributed by atoms with Gasteiger partial charge in [0.2, 0.25) is 11.8 Å². The highest BCUT2D eigenvalue weighted by atomic mass is 19.1. The molecule has 1 atom stereocenters. The lowest BCUT2D eigenvalue weighted by Crippen LogP contribution is -2.27. The molecule has 5 nitrogen and oxygen atoms in total. The van der Waals surface area contributed by atoms with Gasteiger partial charge in [0, 0.05) is 18.7 Å². The van der Waals surface area contributed by atoms with Crippen LogP contribution in [0.3, 0.4) is 0 Å². The Morgan fingerprint density at radius 3 is 2.64 bits per heavy atom. The van der Waals surface area contributed by atoms with Gasteiger partial charge in [0.05, 0.1) is 5.56 Å². The van der Waals surface area contributed by atoms with Crippen molar-refractivity contribution in [1.29, 1.82) is 0 Å². The van der Waals surface area contributed by atoms with Crippen molar-refractivity contribution >= 4 is 23.1 Å². The third kappa shape index (κ3) is 3.89. The first-order chi connectivity index (χ1) is 12.0. The van der Waals surface area contributed by atoms with Gasteiger partial charge in [-0.3, -0.25) is 4.79 Å². The van der Waals surface area contributed by atoms with Crippen LogP contribution in [0.1, 0.15) is 17.6 Å². The average molecular weight is 344 g/mol. The first-order valence-electron chi connectivity index (χ1n) is 7.48. The van der Waals surface area contributed by atoms with Crippen molar-refractivity contribution in [3.8, 4) is 0 Å². The van der Waals surface area contributed by atoms with Crippen LogP contribution < -0.4 is 5.32 Å². The molecule has 3 rings (SSSR count). The molecule has 1 amide bonds. The molecular formula is C18H14F2N2O3. The van der Waals surface area contributed by atoms with Crippen molar-refractivity contribution in [2.75, 3.05) is 6.54 Å². The highest BCUT2D eigenvalue weighted by Crippen LogP contribution is 2.20. The number of nitrogens with one attached hydrogen (secondary N) is 1. The molecule has 2 aromatic carbocycles. The summed E-state index contributed by atoms with van der Waals surface area (Å²) in [6.45, 7) is -0.339. The Morgan fingerprint density at radius 1 is 1.20 bits per heavy atom. The Kier molecular flexibility index (Phi) is 4.85. The molecule has 128 valence electrons. The number of carbonyl (C=O) groups is 1. The summed E-state index contributed by atoms with van der Waals surface area (Å²) in [7, 11) is 0. The lowest BCUT2D eigenvalue weighted by molar-refractivity contribution is -0.116. The molecule has 0 radical (unpaired) electrons. The van der Waals surface area contributed by atoms with E-state index in [0.717, 1.165) is 18.2 Å². The molecule has 0 aliphatic carbocycles. The first kappa shape index (κ1) is 16.8. The third-order valence-electron chi connectivity index (χ3n) is 3.49. The first-order valence-corrected chi connectivity index (χ1v) is 7.48. The number of fused-ring (bicyclic) bond motifs is 1. The van der Waals surface area contributed by atoms with Crippen molar-refractivity contribution in [3.05, 3.63) is 71.6 Å². The summed E-state index contributed by atoms with van der Waals surface area (Å²) in [6, 6.07) is 10.4. The van der Waals surface area contributed by atoms with Crippen LogP contribution in [-0.2, 0) is 4.79 Å². The summed E-state index contributed by atoms with van der Waals surface area (Å²) >= 11 is 0. The zero-order valence-electron chi connectivity index (χ0n) is 12.9. The van der Waals surface area contributed by atoms with Crippen LogP contribution in [0.2, 0.25) is 0 Å².